The Morgan fingerprint density at radius 3 is 2.37 bits per heavy atom. The molecule has 104 valence electrons. The number of nitrogens with two attached hydrogens (primary N) is 1. The Morgan fingerprint density at radius 1 is 1.05 bits per heavy atom. The first-order valence-corrected chi connectivity index (χ1v) is 6.30. The zero-order chi connectivity index (χ0) is 13.2. The number of rotatable bonds is 3. The van der Waals surface area contributed by atoms with Gasteiger partial charge in [-0.05, 0) is 35.1 Å². The second-order valence-electron chi connectivity index (χ2n) is 3.90. The van der Waals surface area contributed by atoms with Gasteiger partial charge in [0.1, 0.15) is 0 Å². The lowest BCUT2D eigenvalue weighted by Gasteiger charge is -2.12. The minimum Gasteiger partial charge on any atom is -0.326 e. The van der Waals surface area contributed by atoms with Gasteiger partial charge in [-0.15, -0.1) is 23.7 Å². The van der Waals surface area contributed by atoms with Gasteiger partial charge in [-0.2, -0.15) is 13.2 Å². The largest absolute Gasteiger partial charge is 0.416 e. The van der Waals surface area contributed by atoms with Crippen molar-refractivity contribution in [3.8, 4) is 0 Å². The number of thiophene rings is 1. The zero-order valence-corrected chi connectivity index (χ0v) is 11.5. The van der Waals surface area contributed by atoms with Crippen molar-refractivity contribution in [3.63, 3.8) is 0 Å². The summed E-state index contributed by atoms with van der Waals surface area (Å²) < 4.78 is 38.5. The van der Waals surface area contributed by atoms with E-state index in [1.54, 1.807) is 6.07 Å². The van der Waals surface area contributed by atoms with Gasteiger partial charge in [0.15, 0.2) is 0 Å². The Kier molecular flexibility index (Phi) is 5.40. The van der Waals surface area contributed by atoms with Crippen molar-refractivity contribution in [2.45, 2.75) is 19.1 Å². The molecular formula is C13H13ClF3NS. The van der Waals surface area contributed by atoms with E-state index in [0.29, 0.717) is 6.54 Å². The Morgan fingerprint density at radius 2 is 1.74 bits per heavy atom. The van der Waals surface area contributed by atoms with Crippen molar-refractivity contribution in [1.82, 2.24) is 0 Å². The molecule has 0 aliphatic carbocycles. The number of halogens is 4. The van der Waals surface area contributed by atoms with Crippen LogP contribution in [0.25, 0.3) is 0 Å². The third kappa shape index (κ3) is 3.72. The molecule has 0 spiro atoms. The number of alkyl halides is 3. The maximum atomic E-state index is 12.8. The highest BCUT2D eigenvalue weighted by Crippen LogP contribution is 2.33. The van der Waals surface area contributed by atoms with Crippen LogP contribution in [0.3, 0.4) is 0 Å². The molecule has 2 rings (SSSR count). The molecule has 0 saturated carbocycles. The molecule has 2 N–H and O–H groups in total. The second kappa shape index (κ2) is 6.41. The molecule has 0 atom stereocenters. The molecule has 1 aromatic carbocycles. The third-order valence-corrected chi connectivity index (χ3v) is 3.71. The van der Waals surface area contributed by atoms with Crippen LogP contribution in [0.1, 0.15) is 21.6 Å². The average Bonchev–Trinajstić information content (AvgIpc) is 2.75. The molecule has 0 fully saturated rings. The first-order valence-electron chi connectivity index (χ1n) is 5.43. The van der Waals surface area contributed by atoms with Crippen LogP contribution in [0, 0.1) is 0 Å². The molecule has 6 heteroatoms. The molecule has 1 nitrogen and oxygen atoms in total. The second-order valence-corrected chi connectivity index (χ2v) is 4.91. The van der Waals surface area contributed by atoms with Gasteiger partial charge in [0.05, 0.1) is 5.56 Å². The van der Waals surface area contributed by atoms with Crippen LogP contribution in [-0.2, 0) is 19.1 Å². The highest BCUT2D eigenvalue weighted by atomic mass is 35.5. The molecule has 1 heterocycles. The summed E-state index contributed by atoms with van der Waals surface area (Å²) >= 11 is 1.48. The minimum atomic E-state index is -4.31. The van der Waals surface area contributed by atoms with Gasteiger partial charge >= 0.3 is 6.18 Å². The lowest BCUT2D eigenvalue weighted by atomic mass is 10.00. The van der Waals surface area contributed by atoms with E-state index in [9.17, 15) is 13.2 Å². The molecule has 1 aromatic heterocycles. The molecule has 0 aliphatic heterocycles. The predicted molar refractivity (Wildman–Crippen MR) is 73.7 cm³/mol. The molecule has 0 aliphatic rings. The lowest BCUT2D eigenvalue weighted by molar-refractivity contribution is -0.138. The van der Waals surface area contributed by atoms with Crippen molar-refractivity contribution in [3.05, 3.63) is 57.3 Å². The highest BCUT2D eigenvalue weighted by molar-refractivity contribution is 7.10. The summed E-state index contributed by atoms with van der Waals surface area (Å²) in [5.41, 5.74) is 6.15. The van der Waals surface area contributed by atoms with Crippen LogP contribution >= 0.6 is 23.7 Å². The van der Waals surface area contributed by atoms with E-state index in [-0.39, 0.29) is 24.4 Å². The lowest BCUT2D eigenvalue weighted by Crippen LogP contribution is -2.09. The van der Waals surface area contributed by atoms with Gasteiger partial charge in [0, 0.05) is 11.4 Å². The molecule has 0 unspecified atom stereocenters. The molecule has 0 saturated heterocycles. The van der Waals surface area contributed by atoms with Crippen molar-refractivity contribution < 1.29 is 13.2 Å². The first-order chi connectivity index (χ1) is 8.52. The highest BCUT2D eigenvalue weighted by Gasteiger charge is 2.32. The topological polar surface area (TPSA) is 26.0 Å². The van der Waals surface area contributed by atoms with Gasteiger partial charge in [-0.1, -0.05) is 18.2 Å². The van der Waals surface area contributed by atoms with Crippen LogP contribution in [0.2, 0.25) is 0 Å². The molecule has 19 heavy (non-hydrogen) atoms. The maximum Gasteiger partial charge on any atom is 0.416 e. The Bertz CT molecular complexity index is 537. The fourth-order valence-corrected chi connectivity index (χ4v) is 2.64. The van der Waals surface area contributed by atoms with Gasteiger partial charge in [0.2, 0.25) is 0 Å². The molecule has 0 bridgehead atoms. The summed E-state index contributed by atoms with van der Waals surface area (Å²) in [6.45, 7) is 0.362. The van der Waals surface area contributed by atoms with Crippen LogP contribution in [0.15, 0.2) is 35.7 Å². The van der Waals surface area contributed by atoms with Gasteiger partial charge in [0.25, 0.3) is 0 Å². The molecule has 2 aromatic rings. The zero-order valence-electron chi connectivity index (χ0n) is 9.91. The predicted octanol–water partition coefficient (Wildman–Crippen LogP) is 4.24. The van der Waals surface area contributed by atoms with Crippen LogP contribution in [0.4, 0.5) is 13.2 Å². The number of hydrogen-bond acceptors (Lipinski definition) is 2. The van der Waals surface area contributed by atoms with E-state index in [1.807, 2.05) is 11.4 Å². The standard InChI is InChI=1S/C13H12F3NS.ClH/c14-13(15,16)11-4-2-1-3-9(11)7-10-5-6-18-12(10)8-17;/h1-6H,7-8,17H2;1H. The van der Waals surface area contributed by atoms with E-state index in [2.05, 4.69) is 0 Å². The smallest absolute Gasteiger partial charge is 0.326 e. The van der Waals surface area contributed by atoms with Crippen molar-refractivity contribution in [2.75, 3.05) is 0 Å². The molecular weight excluding hydrogens is 295 g/mol. The third-order valence-electron chi connectivity index (χ3n) is 2.73. The summed E-state index contributed by atoms with van der Waals surface area (Å²) in [4.78, 5) is 0.937. The fourth-order valence-electron chi connectivity index (χ4n) is 1.86. The van der Waals surface area contributed by atoms with E-state index < -0.39 is 11.7 Å². The van der Waals surface area contributed by atoms with Crippen LogP contribution in [0.5, 0.6) is 0 Å². The Balaban J connectivity index is 0.00000180. The van der Waals surface area contributed by atoms with Gasteiger partial charge < -0.3 is 5.73 Å². The average molecular weight is 308 g/mol. The van der Waals surface area contributed by atoms with Crippen molar-refractivity contribution >= 4 is 23.7 Å². The van der Waals surface area contributed by atoms with E-state index in [1.165, 1.54) is 23.5 Å². The monoisotopic (exact) mass is 307 g/mol. The van der Waals surface area contributed by atoms with Crippen molar-refractivity contribution in [2.24, 2.45) is 5.73 Å². The minimum absolute atomic E-state index is 0. The number of hydrogen-bond donors (Lipinski definition) is 1. The molecule has 0 amide bonds. The maximum absolute atomic E-state index is 12.8. The number of benzene rings is 1. The van der Waals surface area contributed by atoms with E-state index in [0.717, 1.165) is 16.5 Å². The Hall–Kier alpha value is -1.04. The van der Waals surface area contributed by atoms with Crippen molar-refractivity contribution in [1.29, 1.82) is 0 Å². The van der Waals surface area contributed by atoms with Crippen LogP contribution < -0.4 is 5.73 Å². The fraction of sp³-hybridized carbons (Fsp3) is 0.231. The van der Waals surface area contributed by atoms with Gasteiger partial charge in [-0.3, -0.25) is 0 Å². The van der Waals surface area contributed by atoms with Gasteiger partial charge in [-0.25, -0.2) is 0 Å². The Labute approximate surface area is 119 Å². The summed E-state index contributed by atoms with van der Waals surface area (Å²) in [6, 6.07) is 7.49. The van der Waals surface area contributed by atoms with E-state index >= 15 is 0 Å². The summed E-state index contributed by atoms with van der Waals surface area (Å²) in [6.07, 6.45) is -4.04. The quantitative estimate of drug-likeness (QED) is 0.902. The summed E-state index contributed by atoms with van der Waals surface area (Å²) in [5.74, 6) is 0. The van der Waals surface area contributed by atoms with Crippen LogP contribution in [-0.4, -0.2) is 0 Å². The SMILES string of the molecule is Cl.NCc1sccc1Cc1ccccc1C(F)(F)F. The molecule has 0 radical (unpaired) electrons. The normalized spacial score (nSPS) is 11.2. The summed E-state index contributed by atoms with van der Waals surface area (Å²) in [5, 5.41) is 1.85. The first kappa shape index (κ1) is 16.0. The summed E-state index contributed by atoms with van der Waals surface area (Å²) in [7, 11) is 0. The van der Waals surface area contributed by atoms with E-state index in [4.69, 9.17) is 5.73 Å².